The van der Waals surface area contributed by atoms with E-state index in [0.717, 1.165) is 6.07 Å². The summed E-state index contributed by atoms with van der Waals surface area (Å²) in [5, 5.41) is 13.4. The molecule has 1 N–H and O–H groups in total. The molecule has 0 aromatic carbocycles. The van der Waals surface area contributed by atoms with E-state index in [1.54, 1.807) is 18.7 Å². The maximum absolute atomic E-state index is 13.7. The Bertz CT molecular complexity index is 1080. The molecule has 0 atom stereocenters. The van der Waals surface area contributed by atoms with Gasteiger partial charge in [-0.2, -0.15) is 18.3 Å². The number of aliphatic hydroxyl groups excluding tert-OH is 1. The molecule has 2 amide bonds. The average molecular weight is 487 g/mol. The van der Waals surface area contributed by atoms with E-state index in [2.05, 4.69) is 5.10 Å². The highest BCUT2D eigenvalue weighted by molar-refractivity contribution is 6.36. The van der Waals surface area contributed by atoms with E-state index in [-0.39, 0.29) is 53.3 Å². The molecule has 1 saturated carbocycles. The summed E-state index contributed by atoms with van der Waals surface area (Å²) >= 11 is 6.35. The van der Waals surface area contributed by atoms with Crippen molar-refractivity contribution in [2.45, 2.75) is 63.8 Å². The molecule has 0 radical (unpaired) electrons. The van der Waals surface area contributed by atoms with E-state index >= 15 is 0 Å². The fourth-order valence-corrected chi connectivity index (χ4v) is 4.83. The van der Waals surface area contributed by atoms with Gasteiger partial charge in [-0.15, -0.1) is 0 Å². The SMILES string of the molecule is CC(C)c1cc(C(F)(F)F)n2nc(C(=O)N3CCN([C@H]4CC[C@H](O)CC4)C(=O)C3)c(Cl)c2c1. The van der Waals surface area contributed by atoms with Crippen LogP contribution in [0.1, 0.15) is 67.2 Å². The van der Waals surface area contributed by atoms with E-state index in [4.69, 9.17) is 11.6 Å². The number of rotatable bonds is 3. The molecule has 2 aromatic rings. The largest absolute Gasteiger partial charge is 0.433 e. The Balaban J connectivity index is 1.60. The molecule has 3 heterocycles. The predicted molar refractivity (Wildman–Crippen MR) is 115 cm³/mol. The van der Waals surface area contributed by atoms with Crippen LogP contribution in [0.4, 0.5) is 13.2 Å². The summed E-state index contributed by atoms with van der Waals surface area (Å²) in [6.07, 6.45) is -2.35. The molecule has 0 spiro atoms. The highest BCUT2D eigenvalue weighted by Crippen LogP contribution is 2.35. The third-order valence-corrected chi connectivity index (χ3v) is 6.88. The van der Waals surface area contributed by atoms with Gasteiger partial charge in [0.15, 0.2) is 5.69 Å². The molecule has 33 heavy (non-hydrogen) atoms. The summed E-state index contributed by atoms with van der Waals surface area (Å²) < 4.78 is 41.7. The van der Waals surface area contributed by atoms with Crippen LogP contribution in [0.25, 0.3) is 5.52 Å². The molecule has 0 unspecified atom stereocenters. The summed E-state index contributed by atoms with van der Waals surface area (Å²) in [4.78, 5) is 28.9. The van der Waals surface area contributed by atoms with Gasteiger partial charge in [0, 0.05) is 19.1 Å². The quantitative estimate of drug-likeness (QED) is 0.717. The topological polar surface area (TPSA) is 78.2 Å². The van der Waals surface area contributed by atoms with Crippen LogP contribution in [0.15, 0.2) is 12.1 Å². The number of hydrogen-bond donors (Lipinski definition) is 1. The first-order valence-corrected chi connectivity index (χ1v) is 11.4. The van der Waals surface area contributed by atoms with Crippen molar-refractivity contribution in [2.24, 2.45) is 0 Å². The Morgan fingerprint density at radius 1 is 1.18 bits per heavy atom. The van der Waals surface area contributed by atoms with Crippen LogP contribution in [0.5, 0.6) is 0 Å². The number of aliphatic hydroxyl groups is 1. The summed E-state index contributed by atoms with van der Waals surface area (Å²) in [7, 11) is 0. The fourth-order valence-electron chi connectivity index (χ4n) is 4.58. The van der Waals surface area contributed by atoms with Crippen LogP contribution in [0.3, 0.4) is 0 Å². The minimum Gasteiger partial charge on any atom is -0.393 e. The Morgan fingerprint density at radius 3 is 2.42 bits per heavy atom. The highest BCUT2D eigenvalue weighted by Gasteiger charge is 2.38. The van der Waals surface area contributed by atoms with E-state index in [1.807, 2.05) is 0 Å². The van der Waals surface area contributed by atoms with Crippen molar-refractivity contribution in [3.05, 3.63) is 34.1 Å². The van der Waals surface area contributed by atoms with Crippen LogP contribution in [0, 0.1) is 0 Å². The molecule has 1 aliphatic heterocycles. The number of carbonyl (C=O) groups excluding carboxylic acids is 2. The molecule has 7 nitrogen and oxygen atoms in total. The number of piperazine rings is 1. The van der Waals surface area contributed by atoms with Gasteiger partial charge in [-0.1, -0.05) is 25.4 Å². The van der Waals surface area contributed by atoms with Crippen molar-refractivity contribution in [1.82, 2.24) is 19.4 Å². The third-order valence-electron chi connectivity index (χ3n) is 6.51. The zero-order chi connectivity index (χ0) is 24.1. The zero-order valence-corrected chi connectivity index (χ0v) is 19.2. The summed E-state index contributed by atoms with van der Waals surface area (Å²) in [6, 6.07) is 2.55. The first kappa shape index (κ1) is 23.8. The second-order valence-electron chi connectivity index (χ2n) is 9.06. The Morgan fingerprint density at radius 2 is 1.85 bits per heavy atom. The maximum atomic E-state index is 13.7. The lowest BCUT2D eigenvalue weighted by atomic mass is 9.91. The van der Waals surface area contributed by atoms with Crippen LogP contribution in [0.2, 0.25) is 5.02 Å². The standard InChI is InChI=1S/C22H26ClF3N4O3/c1-12(2)13-9-16-19(23)20(27-30(16)17(10-13)22(24,25)26)21(33)28-7-8-29(18(32)11-28)14-3-5-15(31)6-4-14/h9-10,12,14-15,31H,3-8,11H2,1-2H3/t14-,15-. The summed E-state index contributed by atoms with van der Waals surface area (Å²) in [5.41, 5.74) is -0.878. The number of fused-ring (bicyclic) bond motifs is 1. The smallest absolute Gasteiger partial charge is 0.393 e. The minimum atomic E-state index is -4.69. The lowest BCUT2D eigenvalue weighted by molar-refractivity contribution is -0.142. The second kappa shape index (κ2) is 8.79. The predicted octanol–water partition coefficient (Wildman–Crippen LogP) is 3.72. The number of hydrogen-bond acceptors (Lipinski definition) is 4. The fraction of sp³-hybridized carbons (Fsp3) is 0.591. The molecule has 1 aliphatic carbocycles. The van der Waals surface area contributed by atoms with Crippen LogP contribution in [-0.4, -0.2) is 68.1 Å². The minimum absolute atomic E-state index is 0.00395. The van der Waals surface area contributed by atoms with Crippen LogP contribution >= 0.6 is 11.6 Å². The van der Waals surface area contributed by atoms with E-state index in [9.17, 15) is 27.9 Å². The van der Waals surface area contributed by atoms with Crippen LogP contribution in [-0.2, 0) is 11.0 Å². The Kier molecular flexibility index (Phi) is 6.34. The van der Waals surface area contributed by atoms with Gasteiger partial charge < -0.3 is 14.9 Å². The number of nitrogens with zero attached hydrogens (tertiary/aromatic N) is 4. The van der Waals surface area contributed by atoms with Gasteiger partial charge in [-0.3, -0.25) is 9.59 Å². The van der Waals surface area contributed by atoms with Crippen molar-refractivity contribution in [1.29, 1.82) is 0 Å². The number of pyridine rings is 1. The normalized spacial score (nSPS) is 22.5. The van der Waals surface area contributed by atoms with E-state index in [0.29, 0.717) is 42.3 Å². The first-order valence-electron chi connectivity index (χ1n) is 11.0. The summed E-state index contributed by atoms with van der Waals surface area (Å²) in [5.74, 6) is -1.09. The Hall–Kier alpha value is -2.33. The van der Waals surface area contributed by atoms with Crippen molar-refractivity contribution >= 4 is 28.9 Å². The summed E-state index contributed by atoms with van der Waals surface area (Å²) in [6.45, 7) is 3.89. The molecule has 2 aliphatic rings. The van der Waals surface area contributed by atoms with Gasteiger partial charge >= 0.3 is 6.18 Å². The Labute approximate surface area is 194 Å². The molecule has 180 valence electrons. The lowest BCUT2D eigenvalue weighted by Gasteiger charge is -2.41. The van der Waals surface area contributed by atoms with E-state index < -0.39 is 17.8 Å². The monoisotopic (exact) mass is 486 g/mol. The zero-order valence-electron chi connectivity index (χ0n) is 18.4. The first-order chi connectivity index (χ1) is 15.5. The van der Waals surface area contributed by atoms with Gasteiger partial charge in [-0.25, -0.2) is 4.52 Å². The van der Waals surface area contributed by atoms with Crippen LogP contribution < -0.4 is 0 Å². The number of aromatic nitrogens is 2. The average Bonchev–Trinajstić information content (AvgIpc) is 3.09. The van der Waals surface area contributed by atoms with Crippen molar-refractivity contribution in [3.63, 3.8) is 0 Å². The number of alkyl halides is 3. The molecule has 0 bridgehead atoms. The highest BCUT2D eigenvalue weighted by atomic mass is 35.5. The van der Waals surface area contributed by atoms with Gasteiger partial charge in [0.05, 0.1) is 16.6 Å². The maximum Gasteiger partial charge on any atom is 0.433 e. The molecular formula is C22H26ClF3N4O3. The van der Waals surface area contributed by atoms with Crippen molar-refractivity contribution < 1.29 is 27.9 Å². The van der Waals surface area contributed by atoms with E-state index in [1.165, 1.54) is 11.0 Å². The molecule has 4 rings (SSSR count). The van der Waals surface area contributed by atoms with Gasteiger partial charge in [0.25, 0.3) is 5.91 Å². The molecule has 11 heteroatoms. The third kappa shape index (κ3) is 4.55. The van der Waals surface area contributed by atoms with Crippen molar-refractivity contribution in [3.8, 4) is 0 Å². The van der Waals surface area contributed by atoms with Gasteiger partial charge in [0.1, 0.15) is 12.2 Å². The molecule has 2 aromatic heterocycles. The van der Waals surface area contributed by atoms with Gasteiger partial charge in [-0.05, 0) is 49.3 Å². The number of amides is 2. The van der Waals surface area contributed by atoms with Crippen molar-refractivity contribution in [2.75, 3.05) is 19.6 Å². The second-order valence-corrected chi connectivity index (χ2v) is 9.44. The number of carbonyl (C=O) groups is 2. The lowest BCUT2D eigenvalue weighted by Crippen LogP contribution is -2.56. The molecular weight excluding hydrogens is 461 g/mol. The number of halogens is 4. The van der Waals surface area contributed by atoms with Gasteiger partial charge in [0.2, 0.25) is 5.91 Å². The molecule has 1 saturated heterocycles. The molecule has 2 fully saturated rings.